The zero-order chi connectivity index (χ0) is 17.2. The third-order valence-electron chi connectivity index (χ3n) is 4.12. The van der Waals surface area contributed by atoms with E-state index >= 15 is 0 Å². The van der Waals surface area contributed by atoms with Crippen molar-refractivity contribution in [1.29, 1.82) is 0 Å². The Balaban J connectivity index is 2.00. The Morgan fingerprint density at radius 2 is 2.12 bits per heavy atom. The Hall–Kier alpha value is -1.90. The summed E-state index contributed by atoms with van der Waals surface area (Å²) >= 11 is 0. The third kappa shape index (κ3) is 3.45. The quantitative estimate of drug-likeness (QED) is 0.768. The van der Waals surface area contributed by atoms with Crippen molar-refractivity contribution in [3.05, 3.63) is 5.82 Å². The second-order valence-electron chi connectivity index (χ2n) is 6.07. The first-order chi connectivity index (χ1) is 11.5. The summed E-state index contributed by atoms with van der Waals surface area (Å²) in [6.45, 7) is 3.00. The van der Waals surface area contributed by atoms with Gasteiger partial charge in [-0.25, -0.2) is 23.4 Å². The maximum atomic E-state index is 13.6. The first-order valence-corrected chi connectivity index (χ1v) is 8.26. The summed E-state index contributed by atoms with van der Waals surface area (Å²) in [6, 6.07) is 0. The topological polar surface area (TPSA) is 69.0 Å². The monoisotopic (exact) mass is 340 g/mol. The van der Waals surface area contributed by atoms with Crippen LogP contribution >= 0.6 is 0 Å². The molecule has 1 aliphatic rings. The SMILES string of the molecule is CCCCc1nc(N2CCC(F)(F)C2)c2nnn(CCOC)c2n1. The van der Waals surface area contributed by atoms with Crippen LogP contribution in [-0.2, 0) is 17.7 Å². The van der Waals surface area contributed by atoms with Crippen LogP contribution in [0.5, 0.6) is 0 Å². The van der Waals surface area contributed by atoms with Gasteiger partial charge in [-0.3, -0.25) is 0 Å². The molecule has 0 radical (unpaired) electrons. The highest BCUT2D eigenvalue weighted by Crippen LogP contribution is 2.32. The molecule has 1 saturated heterocycles. The highest BCUT2D eigenvalue weighted by Gasteiger charge is 2.40. The van der Waals surface area contributed by atoms with Gasteiger partial charge in [0.25, 0.3) is 5.92 Å². The summed E-state index contributed by atoms with van der Waals surface area (Å²) in [7, 11) is 1.61. The van der Waals surface area contributed by atoms with E-state index < -0.39 is 5.92 Å². The number of hydrogen-bond acceptors (Lipinski definition) is 6. The largest absolute Gasteiger partial charge is 0.383 e. The first-order valence-electron chi connectivity index (χ1n) is 8.26. The Kier molecular flexibility index (Phi) is 4.88. The Morgan fingerprint density at radius 1 is 1.29 bits per heavy atom. The molecule has 3 heterocycles. The van der Waals surface area contributed by atoms with Crippen molar-refractivity contribution in [3.8, 4) is 0 Å². The zero-order valence-corrected chi connectivity index (χ0v) is 14.0. The maximum absolute atomic E-state index is 13.6. The number of halogens is 2. The number of aryl methyl sites for hydroxylation is 1. The second-order valence-corrected chi connectivity index (χ2v) is 6.07. The number of aromatic nitrogens is 5. The van der Waals surface area contributed by atoms with E-state index in [1.165, 1.54) is 0 Å². The van der Waals surface area contributed by atoms with Crippen LogP contribution in [0.3, 0.4) is 0 Å². The number of rotatable bonds is 7. The molecule has 0 amide bonds. The lowest BCUT2D eigenvalue weighted by Crippen LogP contribution is -2.26. The van der Waals surface area contributed by atoms with E-state index in [0.29, 0.717) is 42.4 Å². The highest BCUT2D eigenvalue weighted by molar-refractivity contribution is 5.83. The van der Waals surface area contributed by atoms with Crippen LogP contribution in [0.1, 0.15) is 32.0 Å². The Morgan fingerprint density at radius 3 is 2.79 bits per heavy atom. The molecule has 1 aliphatic heterocycles. The molecule has 0 saturated carbocycles. The van der Waals surface area contributed by atoms with Crippen molar-refractivity contribution >= 4 is 17.0 Å². The molecule has 0 aromatic carbocycles. The molecular weight excluding hydrogens is 318 g/mol. The fraction of sp³-hybridized carbons (Fsp3) is 0.733. The van der Waals surface area contributed by atoms with E-state index in [-0.39, 0.29) is 19.5 Å². The fourth-order valence-electron chi connectivity index (χ4n) is 2.80. The zero-order valence-electron chi connectivity index (χ0n) is 14.0. The van der Waals surface area contributed by atoms with Gasteiger partial charge in [0.2, 0.25) is 0 Å². The van der Waals surface area contributed by atoms with Gasteiger partial charge in [0.15, 0.2) is 17.0 Å². The molecule has 0 N–H and O–H groups in total. The van der Waals surface area contributed by atoms with Crippen molar-refractivity contribution < 1.29 is 13.5 Å². The van der Waals surface area contributed by atoms with Crippen LogP contribution in [0.15, 0.2) is 0 Å². The lowest BCUT2D eigenvalue weighted by atomic mass is 10.2. The summed E-state index contributed by atoms with van der Waals surface area (Å²) in [6.07, 6.45) is 2.50. The number of ether oxygens (including phenoxy) is 1. The number of hydrogen-bond donors (Lipinski definition) is 0. The van der Waals surface area contributed by atoms with Crippen LogP contribution in [0, 0.1) is 0 Å². The lowest BCUT2D eigenvalue weighted by Gasteiger charge is -2.18. The van der Waals surface area contributed by atoms with E-state index in [2.05, 4.69) is 27.2 Å². The summed E-state index contributed by atoms with van der Waals surface area (Å²) < 4.78 is 33.9. The Labute approximate surface area is 139 Å². The summed E-state index contributed by atoms with van der Waals surface area (Å²) in [5.74, 6) is -1.57. The molecule has 0 spiro atoms. The summed E-state index contributed by atoms with van der Waals surface area (Å²) in [5, 5.41) is 8.22. The normalized spacial score (nSPS) is 17.1. The number of anilines is 1. The molecule has 1 fully saturated rings. The van der Waals surface area contributed by atoms with Gasteiger partial charge in [-0.1, -0.05) is 18.6 Å². The summed E-state index contributed by atoms with van der Waals surface area (Å²) in [5.41, 5.74) is 1.06. The van der Waals surface area contributed by atoms with Gasteiger partial charge in [0, 0.05) is 26.5 Å². The maximum Gasteiger partial charge on any atom is 0.266 e. The molecular formula is C15H22F2N6O. The van der Waals surface area contributed by atoms with Crippen LogP contribution in [0.4, 0.5) is 14.6 Å². The van der Waals surface area contributed by atoms with E-state index in [1.807, 2.05) is 0 Å². The standard InChI is InChI=1S/C15H22F2N6O/c1-3-4-5-11-18-13(22-7-6-15(16,17)10-22)12-14(19-11)23(21-20-12)8-9-24-2/h3-10H2,1-2H3. The molecule has 24 heavy (non-hydrogen) atoms. The molecule has 7 nitrogen and oxygen atoms in total. The average Bonchev–Trinajstić information content (AvgIpc) is 3.13. The lowest BCUT2D eigenvalue weighted by molar-refractivity contribution is 0.0257. The van der Waals surface area contributed by atoms with Gasteiger partial charge in [-0.2, -0.15) is 0 Å². The molecule has 0 aliphatic carbocycles. The third-order valence-corrected chi connectivity index (χ3v) is 4.12. The molecule has 0 atom stereocenters. The predicted molar refractivity (Wildman–Crippen MR) is 85.4 cm³/mol. The van der Waals surface area contributed by atoms with Crippen molar-refractivity contribution in [2.75, 3.05) is 31.7 Å². The number of unbranched alkanes of at least 4 members (excludes halogenated alkanes) is 1. The van der Waals surface area contributed by atoms with E-state index in [1.54, 1.807) is 16.7 Å². The number of methoxy groups -OCH3 is 1. The van der Waals surface area contributed by atoms with Crippen molar-refractivity contribution in [3.63, 3.8) is 0 Å². The van der Waals surface area contributed by atoms with Crippen molar-refractivity contribution in [2.24, 2.45) is 0 Å². The van der Waals surface area contributed by atoms with Crippen molar-refractivity contribution in [1.82, 2.24) is 25.0 Å². The fourth-order valence-corrected chi connectivity index (χ4v) is 2.80. The van der Waals surface area contributed by atoms with Gasteiger partial charge >= 0.3 is 0 Å². The van der Waals surface area contributed by atoms with Gasteiger partial charge in [-0.15, -0.1) is 5.10 Å². The first kappa shape index (κ1) is 16.9. The van der Waals surface area contributed by atoms with Crippen LogP contribution < -0.4 is 4.90 Å². The van der Waals surface area contributed by atoms with Gasteiger partial charge in [0.05, 0.1) is 19.7 Å². The minimum absolute atomic E-state index is 0.166. The average molecular weight is 340 g/mol. The smallest absolute Gasteiger partial charge is 0.266 e. The molecule has 9 heteroatoms. The van der Waals surface area contributed by atoms with Gasteiger partial charge < -0.3 is 9.64 Å². The van der Waals surface area contributed by atoms with E-state index in [4.69, 9.17) is 4.74 Å². The molecule has 2 aromatic rings. The number of fused-ring (bicyclic) bond motifs is 1. The second kappa shape index (κ2) is 6.92. The van der Waals surface area contributed by atoms with Crippen LogP contribution in [0.25, 0.3) is 11.2 Å². The Bertz CT molecular complexity index is 705. The molecule has 2 aromatic heterocycles. The van der Waals surface area contributed by atoms with Gasteiger partial charge in [-0.05, 0) is 6.42 Å². The number of alkyl halides is 2. The van der Waals surface area contributed by atoms with Gasteiger partial charge in [0.1, 0.15) is 5.82 Å². The summed E-state index contributed by atoms with van der Waals surface area (Å²) in [4.78, 5) is 10.7. The molecule has 3 rings (SSSR count). The minimum Gasteiger partial charge on any atom is -0.383 e. The predicted octanol–water partition coefficient (Wildman–Crippen LogP) is 2.06. The molecule has 132 valence electrons. The molecule has 0 bridgehead atoms. The minimum atomic E-state index is -2.69. The van der Waals surface area contributed by atoms with Crippen molar-refractivity contribution in [2.45, 2.75) is 45.1 Å². The van der Waals surface area contributed by atoms with Crippen LogP contribution in [-0.4, -0.2) is 57.7 Å². The van der Waals surface area contributed by atoms with E-state index in [0.717, 1.165) is 12.8 Å². The molecule has 0 unspecified atom stereocenters. The number of nitrogens with zero attached hydrogens (tertiary/aromatic N) is 6. The highest BCUT2D eigenvalue weighted by atomic mass is 19.3. The van der Waals surface area contributed by atoms with Crippen LogP contribution in [0.2, 0.25) is 0 Å². The van der Waals surface area contributed by atoms with E-state index in [9.17, 15) is 8.78 Å².